The molecule has 0 aliphatic carbocycles. The fourth-order valence-corrected chi connectivity index (χ4v) is 0.430. The lowest BCUT2D eigenvalue weighted by molar-refractivity contribution is 0.967. The summed E-state index contributed by atoms with van der Waals surface area (Å²) in [6.07, 6.45) is 1.83. The summed E-state index contributed by atoms with van der Waals surface area (Å²) >= 11 is 0. The van der Waals surface area contributed by atoms with E-state index in [4.69, 9.17) is 0 Å². The van der Waals surface area contributed by atoms with Crippen molar-refractivity contribution in [1.82, 2.24) is 5.32 Å². The number of rotatable bonds is 3. The van der Waals surface area contributed by atoms with E-state index in [0.29, 0.717) is 0 Å². The molecular formula is C9H18N2. The van der Waals surface area contributed by atoms with Gasteiger partial charge < -0.3 is 5.32 Å². The van der Waals surface area contributed by atoms with Crippen molar-refractivity contribution in [1.29, 1.82) is 0 Å². The highest BCUT2D eigenvalue weighted by Crippen LogP contribution is 1.95. The number of hydrogen-bond donors (Lipinski definition) is 1. The molecule has 11 heavy (non-hydrogen) atoms. The zero-order valence-corrected chi connectivity index (χ0v) is 7.94. The Morgan fingerprint density at radius 3 is 2.00 bits per heavy atom. The maximum absolute atomic E-state index is 3.69. The predicted molar refractivity (Wildman–Crippen MR) is 52.9 cm³/mol. The maximum Gasteiger partial charge on any atom is 0.125 e. The number of nitrogens with zero attached hydrogens (tertiary/aromatic N) is 1. The lowest BCUT2D eigenvalue weighted by Crippen LogP contribution is -2.02. The van der Waals surface area contributed by atoms with Crippen LogP contribution in [0.5, 0.6) is 0 Å². The summed E-state index contributed by atoms with van der Waals surface area (Å²) in [4.78, 5) is 3.69. The summed E-state index contributed by atoms with van der Waals surface area (Å²) in [6.45, 7) is 13.0. The summed E-state index contributed by atoms with van der Waals surface area (Å²) < 4.78 is 0. The first-order chi connectivity index (χ1) is 5.20. The molecule has 0 saturated carbocycles. The van der Waals surface area contributed by atoms with Crippen molar-refractivity contribution in [3.63, 3.8) is 0 Å². The van der Waals surface area contributed by atoms with Crippen LogP contribution in [0.3, 0.4) is 0 Å². The van der Waals surface area contributed by atoms with E-state index in [1.807, 2.05) is 26.8 Å². The third-order valence-corrected chi connectivity index (χ3v) is 0.810. The standard InChI is InChI=1S/C7H12N2.C2H6/c1-6(2)5-7(8-3)9-4;1-2/h5,9H,1,3H2,2,4H3;1-2H3/b7-5+;. The van der Waals surface area contributed by atoms with Crippen LogP contribution in [-0.4, -0.2) is 13.8 Å². The number of allylic oxidation sites excluding steroid dienone is 2. The molecule has 2 nitrogen and oxygen atoms in total. The Kier molecular flexibility index (Phi) is 10.3. The first kappa shape index (κ1) is 12.6. The van der Waals surface area contributed by atoms with Gasteiger partial charge >= 0.3 is 0 Å². The highest BCUT2D eigenvalue weighted by Gasteiger charge is 1.83. The van der Waals surface area contributed by atoms with Gasteiger partial charge in [-0.1, -0.05) is 26.0 Å². The number of hydrogen-bond acceptors (Lipinski definition) is 2. The van der Waals surface area contributed by atoms with Crippen LogP contribution in [0.4, 0.5) is 0 Å². The van der Waals surface area contributed by atoms with E-state index in [1.165, 1.54) is 0 Å². The second kappa shape index (κ2) is 8.95. The van der Waals surface area contributed by atoms with Crippen molar-refractivity contribution in [2.45, 2.75) is 20.8 Å². The second-order valence-electron chi connectivity index (χ2n) is 1.78. The Hall–Kier alpha value is -1.05. The Bertz CT molecular complexity index is 146. The van der Waals surface area contributed by atoms with Gasteiger partial charge in [0.05, 0.1) is 0 Å². The first-order valence-electron chi connectivity index (χ1n) is 3.72. The normalized spacial score (nSPS) is 9.27. The van der Waals surface area contributed by atoms with Gasteiger partial charge in [-0.2, -0.15) is 0 Å². The van der Waals surface area contributed by atoms with Crippen LogP contribution in [0.15, 0.2) is 29.0 Å². The van der Waals surface area contributed by atoms with Crippen LogP contribution < -0.4 is 5.32 Å². The van der Waals surface area contributed by atoms with E-state index < -0.39 is 0 Å². The Balaban J connectivity index is 0. The van der Waals surface area contributed by atoms with Crippen molar-refractivity contribution in [3.05, 3.63) is 24.0 Å². The zero-order valence-electron chi connectivity index (χ0n) is 7.94. The number of aliphatic imine (C=N–C) groups is 1. The van der Waals surface area contributed by atoms with E-state index >= 15 is 0 Å². The van der Waals surface area contributed by atoms with Gasteiger partial charge in [-0.25, -0.2) is 4.99 Å². The SMILES string of the molecule is C=N/C(=C\C(=C)C)NC.CC. The van der Waals surface area contributed by atoms with Crippen LogP contribution in [0, 0.1) is 0 Å². The van der Waals surface area contributed by atoms with E-state index in [0.717, 1.165) is 11.4 Å². The summed E-state index contributed by atoms with van der Waals surface area (Å²) in [5.41, 5.74) is 0.965. The molecule has 0 radical (unpaired) electrons. The molecule has 0 aliphatic heterocycles. The Morgan fingerprint density at radius 1 is 1.45 bits per heavy atom. The molecule has 0 aliphatic rings. The summed E-state index contributed by atoms with van der Waals surface area (Å²) in [5.74, 6) is 0.752. The van der Waals surface area contributed by atoms with Gasteiger partial charge in [0.2, 0.25) is 0 Å². The van der Waals surface area contributed by atoms with E-state index in [-0.39, 0.29) is 0 Å². The van der Waals surface area contributed by atoms with Crippen molar-refractivity contribution in [2.75, 3.05) is 7.05 Å². The minimum Gasteiger partial charge on any atom is -0.373 e. The molecule has 0 bridgehead atoms. The molecule has 0 spiro atoms. The highest BCUT2D eigenvalue weighted by molar-refractivity contribution is 5.30. The average Bonchev–Trinajstić information content (AvgIpc) is 2.03. The van der Waals surface area contributed by atoms with Crippen molar-refractivity contribution >= 4 is 6.72 Å². The molecule has 2 heteroatoms. The van der Waals surface area contributed by atoms with Gasteiger partial charge in [0.1, 0.15) is 5.82 Å². The molecule has 0 rings (SSSR count). The van der Waals surface area contributed by atoms with E-state index in [1.54, 1.807) is 7.05 Å². The monoisotopic (exact) mass is 154 g/mol. The molecule has 0 aromatic rings. The van der Waals surface area contributed by atoms with Crippen LogP contribution in [0.25, 0.3) is 0 Å². The predicted octanol–water partition coefficient (Wildman–Crippen LogP) is 2.35. The average molecular weight is 154 g/mol. The molecule has 0 fully saturated rings. The van der Waals surface area contributed by atoms with Gasteiger partial charge in [-0.05, 0) is 19.7 Å². The quantitative estimate of drug-likeness (QED) is 0.489. The Morgan fingerprint density at radius 2 is 1.91 bits per heavy atom. The van der Waals surface area contributed by atoms with Gasteiger partial charge in [-0.3, -0.25) is 0 Å². The molecule has 0 unspecified atom stereocenters. The lowest BCUT2D eigenvalue weighted by Gasteiger charge is -1.96. The third kappa shape index (κ3) is 8.95. The van der Waals surface area contributed by atoms with Crippen molar-refractivity contribution in [3.8, 4) is 0 Å². The smallest absolute Gasteiger partial charge is 0.125 e. The second-order valence-corrected chi connectivity index (χ2v) is 1.78. The Labute approximate surface area is 69.7 Å². The molecule has 0 amide bonds. The zero-order chi connectivity index (χ0) is 9.28. The topological polar surface area (TPSA) is 24.4 Å². The highest BCUT2D eigenvalue weighted by atomic mass is 15.0. The third-order valence-electron chi connectivity index (χ3n) is 0.810. The van der Waals surface area contributed by atoms with Gasteiger partial charge in [0, 0.05) is 7.05 Å². The maximum atomic E-state index is 3.69. The largest absolute Gasteiger partial charge is 0.373 e. The fourth-order valence-electron chi connectivity index (χ4n) is 0.430. The van der Waals surface area contributed by atoms with E-state index in [2.05, 4.69) is 23.6 Å². The number of nitrogens with one attached hydrogen (secondary N) is 1. The summed E-state index contributed by atoms with van der Waals surface area (Å²) in [6, 6.07) is 0. The first-order valence-corrected chi connectivity index (χ1v) is 3.72. The van der Waals surface area contributed by atoms with E-state index in [9.17, 15) is 0 Å². The van der Waals surface area contributed by atoms with Crippen LogP contribution >= 0.6 is 0 Å². The molecular weight excluding hydrogens is 136 g/mol. The molecule has 1 N–H and O–H groups in total. The van der Waals surface area contributed by atoms with Crippen LogP contribution in [-0.2, 0) is 0 Å². The van der Waals surface area contributed by atoms with Gasteiger partial charge in [0.25, 0.3) is 0 Å². The van der Waals surface area contributed by atoms with Crippen molar-refractivity contribution < 1.29 is 0 Å². The van der Waals surface area contributed by atoms with Crippen LogP contribution in [0.1, 0.15) is 20.8 Å². The minimum atomic E-state index is 0.752. The van der Waals surface area contributed by atoms with Gasteiger partial charge in [0.15, 0.2) is 0 Å². The van der Waals surface area contributed by atoms with Crippen LogP contribution in [0.2, 0.25) is 0 Å². The molecule has 0 aromatic carbocycles. The molecule has 0 aromatic heterocycles. The molecule has 0 saturated heterocycles. The summed E-state index contributed by atoms with van der Waals surface area (Å²) in [5, 5.41) is 2.85. The molecule has 0 atom stereocenters. The lowest BCUT2D eigenvalue weighted by atomic mass is 10.3. The molecule has 0 heterocycles. The minimum absolute atomic E-state index is 0.752. The summed E-state index contributed by atoms with van der Waals surface area (Å²) in [7, 11) is 1.80. The fraction of sp³-hybridized carbons (Fsp3) is 0.444. The van der Waals surface area contributed by atoms with Gasteiger partial charge in [-0.15, -0.1) is 0 Å². The molecule has 64 valence electrons. The van der Waals surface area contributed by atoms with Crippen molar-refractivity contribution in [2.24, 2.45) is 4.99 Å².